The Hall–Kier alpha value is -2.64. The summed E-state index contributed by atoms with van der Waals surface area (Å²) < 4.78 is 7.19. The Kier molecular flexibility index (Phi) is 6.16. The molecule has 0 aliphatic carbocycles. The minimum absolute atomic E-state index is 0.115. The minimum Gasteiger partial charge on any atom is -0.444 e. The van der Waals surface area contributed by atoms with Crippen LogP contribution in [-0.2, 0) is 9.53 Å². The summed E-state index contributed by atoms with van der Waals surface area (Å²) in [6, 6.07) is 5.83. The van der Waals surface area contributed by atoms with Crippen molar-refractivity contribution in [3.8, 4) is 0 Å². The fourth-order valence-corrected chi connectivity index (χ4v) is 3.46. The van der Waals surface area contributed by atoms with Gasteiger partial charge >= 0.3 is 6.09 Å². The summed E-state index contributed by atoms with van der Waals surface area (Å²) >= 11 is 0. The molecule has 1 saturated heterocycles. The van der Waals surface area contributed by atoms with E-state index >= 15 is 0 Å². The van der Waals surface area contributed by atoms with Crippen LogP contribution >= 0.6 is 0 Å². The van der Waals surface area contributed by atoms with E-state index < -0.39 is 11.7 Å². The van der Waals surface area contributed by atoms with Crippen LogP contribution < -0.4 is 5.32 Å². The molecule has 1 atom stereocenters. The molecule has 28 heavy (non-hydrogen) atoms. The maximum absolute atomic E-state index is 12.6. The zero-order chi connectivity index (χ0) is 20.1. The second-order valence-electron chi connectivity index (χ2n) is 8.20. The molecule has 1 aliphatic rings. The molecule has 0 radical (unpaired) electrons. The maximum atomic E-state index is 12.6. The molecule has 1 aliphatic heterocycles. The number of likely N-dealkylation sites (tertiary alicyclic amines) is 1. The molecule has 1 N–H and O–H groups in total. The van der Waals surface area contributed by atoms with Crippen LogP contribution in [0.3, 0.4) is 0 Å². The van der Waals surface area contributed by atoms with Gasteiger partial charge < -0.3 is 15.0 Å². The quantitative estimate of drug-likeness (QED) is 0.797. The van der Waals surface area contributed by atoms with Crippen LogP contribution in [-0.4, -0.2) is 56.7 Å². The predicted octanol–water partition coefficient (Wildman–Crippen LogP) is 2.74. The Balaban J connectivity index is 1.48. The summed E-state index contributed by atoms with van der Waals surface area (Å²) in [5.41, 5.74) is 0.309. The van der Waals surface area contributed by atoms with Crippen LogP contribution in [0, 0.1) is 0 Å². The molecule has 1 fully saturated rings. The third kappa shape index (κ3) is 5.21. The zero-order valence-electron chi connectivity index (χ0n) is 16.9. The number of ether oxygens (including phenoxy) is 1. The number of nitrogens with zero attached hydrogens (tertiary/aromatic N) is 4. The highest BCUT2D eigenvalue weighted by molar-refractivity contribution is 5.76. The average molecular weight is 387 g/mol. The van der Waals surface area contributed by atoms with E-state index in [0.717, 1.165) is 30.9 Å². The topological polar surface area (TPSA) is 88.8 Å². The Morgan fingerprint density at radius 2 is 2.11 bits per heavy atom. The van der Waals surface area contributed by atoms with Crippen molar-refractivity contribution in [2.24, 2.45) is 0 Å². The number of piperidine rings is 1. The van der Waals surface area contributed by atoms with Gasteiger partial charge in [0.25, 0.3) is 0 Å². The van der Waals surface area contributed by atoms with Gasteiger partial charge in [0.05, 0.1) is 0 Å². The standard InChI is InChI=1S/C20H29N5O3/c1-20(2,3)28-19(27)21-11-6-10-17(26)24-12-7-8-15(14-24)18-23-22-16-9-4-5-13-25(16)18/h4-5,9,13,15H,6-8,10-12,14H2,1-3H3,(H,21,27). The third-order valence-electron chi connectivity index (χ3n) is 4.71. The molecule has 0 aromatic carbocycles. The lowest BCUT2D eigenvalue weighted by Crippen LogP contribution is -2.40. The number of pyridine rings is 1. The smallest absolute Gasteiger partial charge is 0.407 e. The van der Waals surface area contributed by atoms with Gasteiger partial charge in [-0.1, -0.05) is 6.07 Å². The first kappa shape index (κ1) is 20.1. The predicted molar refractivity (Wildman–Crippen MR) is 105 cm³/mol. The van der Waals surface area contributed by atoms with Crippen LogP contribution in [0.5, 0.6) is 0 Å². The Morgan fingerprint density at radius 1 is 1.29 bits per heavy atom. The summed E-state index contributed by atoms with van der Waals surface area (Å²) in [7, 11) is 0. The second-order valence-corrected chi connectivity index (χ2v) is 8.20. The van der Waals surface area contributed by atoms with E-state index in [1.807, 2.05) is 54.5 Å². The molecule has 8 heteroatoms. The number of nitrogens with one attached hydrogen (secondary N) is 1. The third-order valence-corrected chi connectivity index (χ3v) is 4.71. The molecule has 2 aromatic rings. The molecule has 3 heterocycles. The number of amides is 2. The van der Waals surface area contributed by atoms with E-state index in [1.165, 1.54) is 0 Å². The molecule has 1 unspecified atom stereocenters. The van der Waals surface area contributed by atoms with Gasteiger partial charge in [0, 0.05) is 38.2 Å². The summed E-state index contributed by atoms with van der Waals surface area (Å²) in [4.78, 5) is 26.1. The van der Waals surface area contributed by atoms with Crippen molar-refractivity contribution >= 4 is 17.6 Å². The highest BCUT2D eigenvalue weighted by Crippen LogP contribution is 2.26. The van der Waals surface area contributed by atoms with Crippen molar-refractivity contribution in [2.75, 3.05) is 19.6 Å². The Bertz CT molecular complexity index is 827. The second kappa shape index (κ2) is 8.58. The minimum atomic E-state index is -0.519. The van der Waals surface area contributed by atoms with E-state index in [-0.39, 0.29) is 11.8 Å². The normalized spacial score (nSPS) is 17.5. The summed E-state index contributed by atoms with van der Waals surface area (Å²) in [6.07, 6.45) is 4.47. The number of alkyl carbamates (subject to hydrolysis) is 1. The number of carbonyl (C=O) groups excluding carboxylic acids is 2. The fraction of sp³-hybridized carbons (Fsp3) is 0.600. The van der Waals surface area contributed by atoms with Gasteiger partial charge in [0.15, 0.2) is 5.65 Å². The number of hydrogen-bond acceptors (Lipinski definition) is 5. The van der Waals surface area contributed by atoms with Crippen LogP contribution in [0.25, 0.3) is 5.65 Å². The lowest BCUT2D eigenvalue weighted by atomic mass is 9.97. The first-order valence-corrected chi connectivity index (χ1v) is 9.88. The monoisotopic (exact) mass is 387 g/mol. The lowest BCUT2D eigenvalue weighted by Gasteiger charge is -2.32. The molecular weight excluding hydrogens is 358 g/mol. The van der Waals surface area contributed by atoms with Crippen molar-refractivity contribution in [1.29, 1.82) is 0 Å². The molecule has 152 valence electrons. The SMILES string of the molecule is CC(C)(C)OC(=O)NCCCC(=O)N1CCCC(c2nnc3ccccn23)C1. The molecule has 0 spiro atoms. The van der Waals surface area contributed by atoms with E-state index in [9.17, 15) is 9.59 Å². The molecular formula is C20H29N5O3. The van der Waals surface area contributed by atoms with E-state index in [1.54, 1.807) is 0 Å². The first-order chi connectivity index (χ1) is 13.3. The van der Waals surface area contributed by atoms with Gasteiger partial charge in [-0.3, -0.25) is 9.20 Å². The van der Waals surface area contributed by atoms with Crippen molar-refractivity contribution < 1.29 is 14.3 Å². The van der Waals surface area contributed by atoms with E-state index in [4.69, 9.17) is 4.74 Å². The first-order valence-electron chi connectivity index (χ1n) is 9.88. The number of fused-ring (bicyclic) bond motifs is 1. The van der Waals surface area contributed by atoms with Gasteiger partial charge in [-0.05, 0) is 52.2 Å². The van der Waals surface area contributed by atoms with Gasteiger partial charge in [0.1, 0.15) is 11.4 Å². The number of hydrogen-bond donors (Lipinski definition) is 1. The van der Waals surface area contributed by atoms with Crippen molar-refractivity contribution in [2.45, 2.75) is 58.0 Å². The van der Waals surface area contributed by atoms with Crippen molar-refractivity contribution in [3.05, 3.63) is 30.2 Å². The van der Waals surface area contributed by atoms with Crippen LogP contribution in [0.1, 0.15) is 58.2 Å². The molecule has 2 amide bonds. The highest BCUT2D eigenvalue weighted by Gasteiger charge is 2.27. The molecule has 2 aromatic heterocycles. The highest BCUT2D eigenvalue weighted by atomic mass is 16.6. The van der Waals surface area contributed by atoms with Gasteiger partial charge in [-0.15, -0.1) is 10.2 Å². The van der Waals surface area contributed by atoms with Gasteiger partial charge in [-0.2, -0.15) is 0 Å². The lowest BCUT2D eigenvalue weighted by molar-refractivity contribution is -0.132. The van der Waals surface area contributed by atoms with E-state index in [2.05, 4.69) is 15.5 Å². The number of carbonyl (C=O) groups is 2. The van der Waals surface area contributed by atoms with Crippen LogP contribution in [0.2, 0.25) is 0 Å². The maximum Gasteiger partial charge on any atom is 0.407 e. The van der Waals surface area contributed by atoms with Crippen molar-refractivity contribution in [3.63, 3.8) is 0 Å². The average Bonchev–Trinajstić information content (AvgIpc) is 3.08. The fourth-order valence-electron chi connectivity index (χ4n) is 3.46. The molecule has 8 nitrogen and oxygen atoms in total. The summed E-state index contributed by atoms with van der Waals surface area (Å²) in [5.74, 6) is 1.22. The number of rotatable bonds is 5. The van der Waals surface area contributed by atoms with Gasteiger partial charge in [-0.25, -0.2) is 4.79 Å². The molecule has 3 rings (SSSR count). The number of aromatic nitrogens is 3. The Labute approximate surface area is 165 Å². The van der Waals surface area contributed by atoms with Crippen LogP contribution in [0.4, 0.5) is 4.79 Å². The van der Waals surface area contributed by atoms with Crippen LogP contribution in [0.15, 0.2) is 24.4 Å². The Morgan fingerprint density at radius 3 is 2.89 bits per heavy atom. The van der Waals surface area contributed by atoms with Crippen molar-refractivity contribution in [1.82, 2.24) is 24.8 Å². The largest absolute Gasteiger partial charge is 0.444 e. The zero-order valence-corrected chi connectivity index (χ0v) is 16.9. The van der Waals surface area contributed by atoms with Gasteiger partial charge in [0.2, 0.25) is 5.91 Å². The molecule has 0 saturated carbocycles. The summed E-state index contributed by atoms with van der Waals surface area (Å²) in [6.45, 7) is 7.32. The van der Waals surface area contributed by atoms with E-state index in [0.29, 0.717) is 25.9 Å². The molecule has 0 bridgehead atoms. The summed E-state index contributed by atoms with van der Waals surface area (Å²) in [5, 5.41) is 11.3.